The van der Waals surface area contributed by atoms with Crippen molar-refractivity contribution >= 4 is 11.8 Å². The van der Waals surface area contributed by atoms with Crippen molar-refractivity contribution in [3.63, 3.8) is 0 Å². The van der Waals surface area contributed by atoms with Crippen LogP contribution in [0.15, 0.2) is 39.8 Å². The zero-order chi connectivity index (χ0) is 12.4. The number of aryl methyl sites for hydroxylation is 1. The molecule has 1 aliphatic rings. The molecule has 18 heavy (non-hydrogen) atoms. The molecule has 3 rings (SSSR count). The van der Waals surface area contributed by atoms with Gasteiger partial charge in [-0.3, -0.25) is 0 Å². The summed E-state index contributed by atoms with van der Waals surface area (Å²) >= 11 is 1.72. The van der Waals surface area contributed by atoms with Crippen molar-refractivity contribution in [1.82, 2.24) is 4.98 Å². The molecule has 1 aromatic heterocycles. The molecule has 92 valence electrons. The summed E-state index contributed by atoms with van der Waals surface area (Å²) in [6, 6.07) is 10.1. The monoisotopic (exact) mass is 258 g/mol. The van der Waals surface area contributed by atoms with Crippen LogP contribution in [0, 0.1) is 0 Å². The minimum Gasteiger partial charge on any atom is -0.192 e. The fraction of sp³-hybridized carbons (Fsp3) is 0.333. The van der Waals surface area contributed by atoms with Crippen molar-refractivity contribution in [1.29, 1.82) is 0 Å². The zero-order valence-electron chi connectivity index (χ0n) is 10.5. The molecule has 1 aromatic carbocycles. The van der Waals surface area contributed by atoms with E-state index in [1.165, 1.54) is 18.4 Å². The summed E-state index contributed by atoms with van der Waals surface area (Å²) in [5, 5.41) is 1.13. The van der Waals surface area contributed by atoms with Gasteiger partial charge in [0.25, 0.3) is 0 Å². The molecule has 0 saturated carbocycles. The van der Waals surface area contributed by atoms with Gasteiger partial charge in [-0.2, -0.15) is 4.42 Å². The molecule has 0 N–H and O–H groups in total. The summed E-state index contributed by atoms with van der Waals surface area (Å²) in [5.74, 6) is 1.89. The van der Waals surface area contributed by atoms with Crippen molar-refractivity contribution in [2.75, 3.05) is 6.26 Å². The average Bonchev–Trinajstić information content (AvgIpc) is 2.47. The summed E-state index contributed by atoms with van der Waals surface area (Å²) in [5.41, 5.74) is 2.38. The highest BCUT2D eigenvalue weighted by Crippen LogP contribution is 2.32. The SMILES string of the molecule is CSc1nc(-c2ccccc2)[o+]c2c1CCCC2. The molecule has 0 fully saturated rings. The largest absolute Gasteiger partial charge is 0.460 e. The van der Waals surface area contributed by atoms with Gasteiger partial charge in [0.05, 0.1) is 12.0 Å². The second-order valence-corrected chi connectivity index (χ2v) is 5.30. The molecule has 0 spiro atoms. The lowest BCUT2D eigenvalue weighted by molar-refractivity contribution is 0.440. The topological polar surface area (TPSA) is 24.2 Å². The second kappa shape index (κ2) is 5.11. The number of nitrogens with zero attached hydrogens (tertiary/aromatic N) is 1. The van der Waals surface area contributed by atoms with Crippen LogP contribution in [0.1, 0.15) is 24.2 Å². The fourth-order valence-electron chi connectivity index (χ4n) is 2.39. The third kappa shape index (κ3) is 2.15. The maximum absolute atomic E-state index is 6.00. The van der Waals surface area contributed by atoms with E-state index in [2.05, 4.69) is 11.2 Å². The quantitative estimate of drug-likeness (QED) is 0.595. The van der Waals surface area contributed by atoms with E-state index in [1.807, 2.05) is 30.3 Å². The molecule has 0 bridgehead atoms. The van der Waals surface area contributed by atoms with Gasteiger partial charge in [0, 0.05) is 0 Å². The van der Waals surface area contributed by atoms with Gasteiger partial charge < -0.3 is 0 Å². The van der Waals surface area contributed by atoms with Gasteiger partial charge in [-0.15, -0.1) is 16.7 Å². The Morgan fingerprint density at radius 3 is 2.67 bits per heavy atom. The van der Waals surface area contributed by atoms with Gasteiger partial charge in [-0.25, -0.2) is 0 Å². The Bertz CT molecular complexity index is 537. The summed E-state index contributed by atoms with van der Waals surface area (Å²) in [4.78, 5) is 4.67. The van der Waals surface area contributed by atoms with Gasteiger partial charge >= 0.3 is 11.7 Å². The Morgan fingerprint density at radius 2 is 1.89 bits per heavy atom. The summed E-state index contributed by atoms with van der Waals surface area (Å²) in [6.07, 6.45) is 6.72. The van der Waals surface area contributed by atoms with Crippen molar-refractivity contribution in [3.05, 3.63) is 41.7 Å². The van der Waals surface area contributed by atoms with E-state index in [1.54, 1.807) is 11.8 Å². The summed E-state index contributed by atoms with van der Waals surface area (Å²) < 4.78 is 6.00. The Kier molecular flexibility index (Phi) is 3.33. The highest BCUT2D eigenvalue weighted by Gasteiger charge is 2.28. The van der Waals surface area contributed by atoms with E-state index in [9.17, 15) is 0 Å². The zero-order valence-corrected chi connectivity index (χ0v) is 11.3. The lowest BCUT2D eigenvalue weighted by atomic mass is 9.98. The minimum absolute atomic E-state index is 0.751. The van der Waals surface area contributed by atoms with Crippen LogP contribution in [0.3, 0.4) is 0 Å². The van der Waals surface area contributed by atoms with Crippen LogP contribution < -0.4 is 0 Å². The Labute approximate surface area is 111 Å². The molecule has 1 heterocycles. The first-order valence-electron chi connectivity index (χ1n) is 6.34. The highest BCUT2D eigenvalue weighted by molar-refractivity contribution is 7.98. The second-order valence-electron chi connectivity index (χ2n) is 4.50. The van der Waals surface area contributed by atoms with Gasteiger partial charge in [-0.1, -0.05) is 18.2 Å². The summed E-state index contributed by atoms with van der Waals surface area (Å²) in [6.45, 7) is 0. The molecule has 0 saturated heterocycles. The Hall–Kier alpha value is -1.35. The molecule has 3 heteroatoms. The van der Waals surface area contributed by atoms with Crippen molar-refractivity contribution in [2.24, 2.45) is 0 Å². The molecule has 2 aromatic rings. The third-order valence-electron chi connectivity index (χ3n) is 3.31. The molecular weight excluding hydrogens is 242 g/mol. The van der Waals surface area contributed by atoms with Crippen LogP contribution in [-0.2, 0) is 12.8 Å². The van der Waals surface area contributed by atoms with Crippen LogP contribution in [0.2, 0.25) is 0 Å². The highest BCUT2D eigenvalue weighted by atomic mass is 32.2. The third-order valence-corrected chi connectivity index (χ3v) is 4.04. The number of rotatable bonds is 2. The van der Waals surface area contributed by atoms with Crippen LogP contribution in [-0.4, -0.2) is 11.2 Å². The van der Waals surface area contributed by atoms with Crippen molar-refractivity contribution in [3.8, 4) is 11.5 Å². The first kappa shape index (κ1) is 11.7. The molecule has 0 amide bonds. The maximum atomic E-state index is 6.00. The van der Waals surface area contributed by atoms with Gasteiger partial charge in [0.15, 0.2) is 0 Å². The van der Waals surface area contributed by atoms with E-state index in [-0.39, 0.29) is 0 Å². The molecule has 1 aliphatic carbocycles. The van der Waals surface area contributed by atoms with Gasteiger partial charge in [0.1, 0.15) is 10.6 Å². The minimum atomic E-state index is 0.751. The predicted molar refractivity (Wildman–Crippen MR) is 74.8 cm³/mol. The van der Waals surface area contributed by atoms with E-state index >= 15 is 0 Å². The molecular formula is C15H16NOS+. The van der Waals surface area contributed by atoms with Crippen molar-refractivity contribution in [2.45, 2.75) is 30.7 Å². The lowest BCUT2D eigenvalue weighted by Gasteiger charge is -2.10. The van der Waals surface area contributed by atoms with Crippen molar-refractivity contribution < 1.29 is 4.42 Å². The molecule has 2 nitrogen and oxygen atoms in total. The molecule has 0 atom stereocenters. The lowest BCUT2D eigenvalue weighted by Crippen LogP contribution is -2.06. The number of hydrogen-bond donors (Lipinski definition) is 0. The van der Waals surface area contributed by atoms with E-state index in [4.69, 9.17) is 4.42 Å². The number of benzene rings is 1. The first-order chi connectivity index (χ1) is 8.88. The van der Waals surface area contributed by atoms with E-state index < -0.39 is 0 Å². The predicted octanol–water partition coefficient (Wildman–Crippen LogP) is 4.22. The molecule has 0 unspecified atom stereocenters. The van der Waals surface area contributed by atoms with E-state index in [0.29, 0.717) is 0 Å². The molecule has 0 aliphatic heterocycles. The number of aromatic nitrogens is 1. The number of thioether (sulfide) groups is 1. The van der Waals surface area contributed by atoms with Gasteiger partial charge in [0.2, 0.25) is 0 Å². The summed E-state index contributed by atoms with van der Waals surface area (Å²) in [7, 11) is 0. The standard InChI is InChI=1S/C15H16NOS/c1-18-15-12-9-5-6-10-13(12)17-14(16-15)11-7-3-2-4-8-11/h2-4,7-8H,5-6,9-10H2,1H3/q+1. The van der Waals surface area contributed by atoms with Crippen LogP contribution in [0.5, 0.6) is 0 Å². The normalized spacial score (nSPS) is 14.3. The number of fused-ring (bicyclic) bond motifs is 1. The van der Waals surface area contributed by atoms with Crippen LogP contribution in [0.4, 0.5) is 0 Å². The average molecular weight is 258 g/mol. The maximum Gasteiger partial charge on any atom is 0.460 e. The number of hydrogen-bond acceptors (Lipinski definition) is 2. The van der Waals surface area contributed by atoms with Gasteiger partial charge in [-0.05, 0) is 37.7 Å². The molecule has 0 radical (unpaired) electrons. The Balaban J connectivity index is 2.12. The fourth-order valence-corrected chi connectivity index (χ4v) is 3.03. The van der Waals surface area contributed by atoms with E-state index in [0.717, 1.165) is 35.1 Å². The van der Waals surface area contributed by atoms with Crippen LogP contribution >= 0.6 is 11.8 Å². The Morgan fingerprint density at radius 1 is 1.11 bits per heavy atom. The first-order valence-corrected chi connectivity index (χ1v) is 7.56. The van der Waals surface area contributed by atoms with Crippen LogP contribution in [0.25, 0.3) is 11.5 Å². The smallest absolute Gasteiger partial charge is 0.192 e.